The Kier molecular flexibility index (Phi) is 4.23. The third-order valence-electron chi connectivity index (χ3n) is 5.92. The second-order valence-electron chi connectivity index (χ2n) is 7.82. The Morgan fingerprint density at radius 1 is 1.17 bits per heavy atom. The molecule has 4 aromatic rings. The summed E-state index contributed by atoms with van der Waals surface area (Å²) in [4.78, 5) is 20.1. The van der Waals surface area contributed by atoms with Gasteiger partial charge in [-0.3, -0.25) is 9.48 Å². The number of H-pyrrole nitrogens is 1. The monoisotopic (exact) mass is 388 g/mol. The highest BCUT2D eigenvalue weighted by molar-refractivity contribution is 5.93. The second kappa shape index (κ2) is 6.92. The van der Waals surface area contributed by atoms with Crippen molar-refractivity contribution in [1.29, 1.82) is 0 Å². The molecule has 0 amide bonds. The molecule has 3 N–H and O–H groups in total. The molecule has 1 aliphatic carbocycles. The molecule has 29 heavy (non-hydrogen) atoms. The van der Waals surface area contributed by atoms with Gasteiger partial charge in [0.05, 0.1) is 29.9 Å². The lowest BCUT2D eigenvalue weighted by Crippen LogP contribution is -2.15. The average molecular weight is 388 g/mol. The largest absolute Gasteiger partial charge is 0.369 e. The van der Waals surface area contributed by atoms with Crippen molar-refractivity contribution in [2.45, 2.75) is 45.2 Å². The van der Waals surface area contributed by atoms with Gasteiger partial charge in [-0.25, -0.2) is 4.98 Å². The van der Waals surface area contributed by atoms with Crippen LogP contribution in [0.3, 0.4) is 0 Å². The molecular formula is C22H24N6O. The van der Waals surface area contributed by atoms with Crippen LogP contribution in [0.4, 0.5) is 5.95 Å². The predicted molar refractivity (Wildman–Crippen MR) is 114 cm³/mol. The summed E-state index contributed by atoms with van der Waals surface area (Å²) in [7, 11) is 0. The van der Waals surface area contributed by atoms with Gasteiger partial charge in [-0.05, 0) is 38.0 Å². The van der Waals surface area contributed by atoms with Crippen LogP contribution >= 0.6 is 0 Å². The molecule has 1 saturated carbocycles. The summed E-state index contributed by atoms with van der Waals surface area (Å²) < 4.78 is 4.00. The first-order chi connectivity index (χ1) is 14.1. The second-order valence-corrected chi connectivity index (χ2v) is 7.82. The number of hydrogen-bond acceptors (Lipinski definition) is 4. The van der Waals surface area contributed by atoms with Gasteiger partial charge in [0.15, 0.2) is 0 Å². The van der Waals surface area contributed by atoms with Crippen LogP contribution in [0.5, 0.6) is 0 Å². The number of imidazole rings is 1. The smallest absolute Gasteiger partial charge is 0.257 e. The van der Waals surface area contributed by atoms with Crippen LogP contribution in [0.25, 0.3) is 22.2 Å². The molecule has 7 heteroatoms. The number of aromatic amines is 1. The molecule has 1 aliphatic rings. The van der Waals surface area contributed by atoms with Gasteiger partial charge >= 0.3 is 0 Å². The van der Waals surface area contributed by atoms with Crippen LogP contribution in [0, 0.1) is 6.92 Å². The highest BCUT2D eigenvalue weighted by Crippen LogP contribution is 2.34. The van der Waals surface area contributed by atoms with E-state index in [0.717, 1.165) is 40.8 Å². The number of para-hydroxylation sites is 1. The normalized spacial score (nSPS) is 14.8. The van der Waals surface area contributed by atoms with Gasteiger partial charge in [0.25, 0.3) is 5.56 Å². The van der Waals surface area contributed by atoms with E-state index >= 15 is 0 Å². The van der Waals surface area contributed by atoms with Gasteiger partial charge in [-0.2, -0.15) is 5.10 Å². The first-order valence-corrected chi connectivity index (χ1v) is 10.1. The van der Waals surface area contributed by atoms with Crippen LogP contribution in [-0.4, -0.2) is 24.3 Å². The summed E-state index contributed by atoms with van der Waals surface area (Å²) in [5.41, 5.74) is 9.96. The third kappa shape index (κ3) is 3.03. The highest BCUT2D eigenvalue weighted by Gasteiger charge is 2.22. The van der Waals surface area contributed by atoms with Gasteiger partial charge < -0.3 is 15.3 Å². The van der Waals surface area contributed by atoms with E-state index in [9.17, 15) is 4.79 Å². The standard InChI is InChI=1S/C22H24N6O/c1-14-12-24-22(23)27(14)13-15-10-11-18(21(29)25-15)20-17-8-4-5-9-19(17)28(26-20)16-6-2-3-7-16/h4-5,8-12,16H,2-3,6-7,13H2,1H3,(H2,23,24)(H,25,29). The number of rotatable bonds is 4. The van der Waals surface area contributed by atoms with Crippen LogP contribution in [0.15, 0.2) is 47.4 Å². The van der Waals surface area contributed by atoms with E-state index in [1.165, 1.54) is 12.8 Å². The van der Waals surface area contributed by atoms with Crippen LogP contribution in [0.2, 0.25) is 0 Å². The molecule has 0 aliphatic heterocycles. The quantitative estimate of drug-likeness (QED) is 0.558. The summed E-state index contributed by atoms with van der Waals surface area (Å²) >= 11 is 0. The first kappa shape index (κ1) is 17.7. The van der Waals surface area contributed by atoms with Gasteiger partial charge in [-0.15, -0.1) is 0 Å². The van der Waals surface area contributed by atoms with Crippen molar-refractivity contribution in [2.75, 3.05) is 5.73 Å². The summed E-state index contributed by atoms with van der Waals surface area (Å²) in [6, 6.07) is 12.4. The number of hydrogen-bond donors (Lipinski definition) is 2. The molecule has 0 unspecified atom stereocenters. The minimum absolute atomic E-state index is 0.138. The van der Waals surface area contributed by atoms with E-state index in [1.807, 2.05) is 41.8 Å². The number of aryl methyl sites for hydroxylation is 1. The van der Waals surface area contributed by atoms with E-state index < -0.39 is 0 Å². The fourth-order valence-corrected chi connectivity index (χ4v) is 4.36. The Morgan fingerprint density at radius 2 is 1.97 bits per heavy atom. The Labute approximate surface area is 168 Å². The molecule has 1 fully saturated rings. The number of anilines is 1. The Balaban J connectivity index is 1.56. The number of aromatic nitrogens is 5. The van der Waals surface area contributed by atoms with Gasteiger partial charge in [0.2, 0.25) is 5.95 Å². The molecule has 0 radical (unpaired) electrons. The van der Waals surface area contributed by atoms with Crippen molar-refractivity contribution in [2.24, 2.45) is 0 Å². The van der Waals surface area contributed by atoms with Crippen LogP contribution in [-0.2, 0) is 6.54 Å². The number of benzene rings is 1. The van der Waals surface area contributed by atoms with Gasteiger partial charge in [0.1, 0.15) is 5.69 Å². The lowest BCUT2D eigenvalue weighted by Gasteiger charge is -2.11. The topological polar surface area (TPSA) is 94.5 Å². The molecule has 0 spiro atoms. The number of fused-ring (bicyclic) bond motifs is 1. The number of nitrogen functional groups attached to an aromatic ring is 1. The van der Waals surface area contributed by atoms with E-state index in [1.54, 1.807) is 6.20 Å². The Hall–Kier alpha value is -3.35. The highest BCUT2D eigenvalue weighted by atomic mass is 16.1. The van der Waals surface area contributed by atoms with Gasteiger partial charge in [0, 0.05) is 16.8 Å². The summed E-state index contributed by atoms with van der Waals surface area (Å²) in [6.45, 7) is 2.42. The fraction of sp³-hybridized carbons (Fsp3) is 0.318. The van der Waals surface area contributed by atoms with E-state index in [0.29, 0.717) is 24.1 Å². The minimum Gasteiger partial charge on any atom is -0.369 e. The molecule has 1 aromatic carbocycles. The maximum absolute atomic E-state index is 13.0. The molecule has 5 rings (SSSR count). The lowest BCUT2D eigenvalue weighted by atomic mass is 10.1. The number of pyridine rings is 1. The van der Waals surface area contributed by atoms with E-state index in [-0.39, 0.29) is 5.56 Å². The minimum atomic E-state index is -0.138. The van der Waals surface area contributed by atoms with Crippen molar-refractivity contribution in [3.8, 4) is 11.3 Å². The average Bonchev–Trinajstić information content (AvgIpc) is 3.44. The molecule has 7 nitrogen and oxygen atoms in total. The van der Waals surface area contributed by atoms with E-state index in [4.69, 9.17) is 10.8 Å². The summed E-state index contributed by atoms with van der Waals surface area (Å²) in [5, 5.41) is 5.92. The zero-order valence-electron chi connectivity index (χ0n) is 16.4. The molecule has 0 bridgehead atoms. The maximum atomic E-state index is 13.0. The van der Waals surface area contributed by atoms with Crippen molar-refractivity contribution >= 4 is 16.9 Å². The zero-order chi connectivity index (χ0) is 20.0. The third-order valence-corrected chi connectivity index (χ3v) is 5.92. The van der Waals surface area contributed by atoms with Crippen molar-refractivity contribution in [3.05, 3.63) is 64.3 Å². The molecule has 0 atom stereocenters. The van der Waals surface area contributed by atoms with Crippen LogP contribution < -0.4 is 11.3 Å². The number of nitrogens with one attached hydrogen (secondary N) is 1. The fourth-order valence-electron chi connectivity index (χ4n) is 4.36. The SMILES string of the molecule is Cc1cnc(N)n1Cc1ccc(-c2nn(C3CCCC3)c3ccccc23)c(=O)[nH]1. The molecule has 3 heterocycles. The van der Waals surface area contributed by atoms with Gasteiger partial charge in [-0.1, -0.05) is 31.0 Å². The lowest BCUT2D eigenvalue weighted by molar-refractivity contribution is 0.483. The molecule has 0 saturated heterocycles. The van der Waals surface area contributed by atoms with Crippen molar-refractivity contribution < 1.29 is 0 Å². The van der Waals surface area contributed by atoms with Crippen molar-refractivity contribution in [1.82, 2.24) is 24.3 Å². The number of nitrogens with zero attached hydrogens (tertiary/aromatic N) is 4. The Bertz CT molecular complexity index is 1220. The number of nitrogens with two attached hydrogens (primary N) is 1. The van der Waals surface area contributed by atoms with Crippen LogP contribution in [0.1, 0.15) is 43.1 Å². The molecule has 148 valence electrons. The van der Waals surface area contributed by atoms with E-state index in [2.05, 4.69) is 20.7 Å². The summed E-state index contributed by atoms with van der Waals surface area (Å²) in [6.07, 6.45) is 6.49. The maximum Gasteiger partial charge on any atom is 0.257 e. The molecular weight excluding hydrogens is 364 g/mol. The zero-order valence-corrected chi connectivity index (χ0v) is 16.4. The Morgan fingerprint density at radius 3 is 2.69 bits per heavy atom. The predicted octanol–water partition coefficient (Wildman–Crippen LogP) is 3.64. The molecule has 3 aromatic heterocycles. The first-order valence-electron chi connectivity index (χ1n) is 10.1. The summed E-state index contributed by atoms with van der Waals surface area (Å²) in [5.74, 6) is 0.439. The van der Waals surface area contributed by atoms with Crippen molar-refractivity contribution in [3.63, 3.8) is 0 Å².